The van der Waals surface area contributed by atoms with Gasteiger partial charge in [0.2, 0.25) is 0 Å². The quantitative estimate of drug-likeness (QED) is 0.820. The number of nitrogens with one attached hydrogen (secondary N) is 1. The molecule has 3 nitrogen and oxygen atoms in total. The summed E-state index contributed by atoms with van der Waals surface area (Å²) in [6.45, 7) is 6.27. The van der Waals surface area contributed by atoms with Crippen LogP contribution in [0.15, 0.2) is 41.4 Å². The van der Waals surface area contributed by atoms with E-state index in [1.165, 1.54) is 4.90 Å². The van der Waals surface area contributed by atoms with Crippen LogP contribution >= 0.6 is 11.8 Å². The first-order valence-electron chi connectivity index (χ1n) is 6.58. The maximum Gasteiger partial charge on any atom is 0.0766 e. The second-order valence-electron chi connectivity index (χ2n) is 4.98. The van der Waals surface area contributed by atoms with Crippen LogP contribution < -0.4 is 5.32 Å². The Balaban J connectivity index is 2.03. The Labute approximate surface area is 119 Å². The van der Waals surface area contributed by atoms with Crippen molar-refractivity contribution in [2.24, 2.45) is 5.92 Å². The summed E-state index contributed by atoms with van der Waals surface area (Å²) < 4.78 is 1.94. The average Bonchev–Trinajstić information content (AvgIpc) is 2.87. The standard InChI is InChI=1S/C15H21N3S/c1-12(2)10-16-11-13-7-8-18(17-13)14-5-4-6-15(9-14)19-3/h4-9,12,16H,10-11H2,1-3H3. The molecule has 0 atom stereocenters. The van der Waals surface area contributed by atoms with E-state index in [0.29, 0.717) is 5.92 Å². The van der Waals surface area contributed by atoms with Crippen molar-refractivity contribution in [1.29, 1.82) is 0 Å². The topological polar surface area (TPSA) is 29.9 Å². The van der Waals surface area contributed by atoms with Crippen molar-refractivity contribution in [3.8, 4) is 5.69 Å². The third-order valence-corrected chi connectivity index (χ3v) is 3.55. The van der Waals surface area contributed by atoms with Gasteiger partial charge in [-0.3, -0.25) is 0 Å². The Morgan fingerprint density at radius 2 is 2.16 bits per heavy atom. The summed E-state index contributed by atoms with van der Waals surface area (Å²) in [5, 5.41) is 8.01. The van der Waals surface area contributed by atoms with Crippen LogP contribution in [-0.4, -0.2) is 22.6 Å². The molecule has 0 bridgehead atoms. The molecule has 0 saturated carbocycles. The molecule has 0 aliphatic rings. The van der Waals surface area contributed by atoms with Gasteiger partial charge in [-0.25, -0.2) is 4.68 Å². The van der Waals surface area contributed by atoms with Gasteiger partial charge in [0.15, 0.2) is 0 Å². The third-order valence-electron chi connectivity index (χ3n) is 2.82. The summed E-state index contributed by atoms with van der Waals surface area (Å²) >= 11 is 1.75. The first kappa shape index (κ1) is 14.2. The molecule has 0 spiro atoms. The van der Waals surface area contributed by atoms with E-state index in [1.807, 2.05) is 10.9 Å². The van der Waals surface area contributed by atoms with Gasteiger partial charge in [-0.2, -0.15) is 5.10 Å². The van der Waals surface area contributed by atoms with Gasteiger partial charge in [0.1, 0.15) is 0 Å². The first-order chi connectivity index (χ1) is 9.19. The Morgan fingerprint density at radius 3 is 2.89 bits per heavy atom. The van der Waals surface area contributed by atoms with E-state index in [1.54, 1.807) is 11.8 Å². The summed E-state index contributed by atoms with van der Waals surface area (Å²) in [6.07, 6.45) is 4.11. The molecular formula is C15H21N3S. The van der Waals surface area contributed by atoms with Crippen molar-refractivity contribution >= 4 is 11.8 Å². The van der Waals surface area contributed by atoms with Crippen molar-refractivity contribution < 1.29 is 0 Å². The zero-order chi connectivity index (χ0) is 13.7. The van der Waals surface area contributed by atoms with Gasteiger partial charge in [0, 0.05) is 17.6 Å². The average molecular weight is 275 g/mol. The lowest BCUT2D eigenvalue weighted by molar-refractivity contribution is 0.546. The molecule has 0 saturated heterocycles. The van der Waals surface area contributed by atoms with Gasteiger partial charge in [-0.15, -0.1) is 11.8 Å². The molecule has 0 aliphatic carbocycles. The van der Waals surface area contributed by atoms with E-state index < -0.39 is 0 Å². The minimum Gasteiger partial charge on any atom is -0.311 e. The number of rotatable bonds is 6. The van der Waals surface area contributed by atoms with Crippen molar-refractivity contribution in [3.05, 3.63) is 42.2 Å². The summed E-state index contributed by atoms with van der Waals surface area (Å²) in [6, 6.07) is 10.5. The number of benzene rings is 1. The molecule has 0 unspecified atom stereocenters. The van der Waals surface area contributed by atoms with E-state index in [-0.39, 0.29) is 0 Å². The van der Waals surface area contributed by atoms with Crippen molar-refractivity contribution in [3.63, 3.8) is 0 Å². The number of thioether (sulfide) groups is 1. The van der Waals surface area contributed by atoms with Crippen LogP contribution in [-0.2, 0) is 6.54 Å². The molecular weight excluding hydrogens is 254 g/mol. The maximum absolute atomic E-state index is 4.60. The van der Waals surface area contributed by atoms with Crippen molar-refractivity contribution in [1.82, 2.24) is 15.1 Å². The lowest BCUT2D eigenvalue weighted by atomic mass is 10.2. The van der Waals surface area contributed by atoms with Gasteiger partial charge in [0.25, 0.3) is 0 Å². The molecule has 0 fully saturated rings. The molecule has 0 radical (unpaired) electrons. The van der Waals surface area contributed by atoms with E-state index in [0.717, 1.165) is 24.5 Å². The Bertz CT molecular complexity index is 520. The van der Waals surface area contributed by atoms with Crippen molar-refractivity contribution in [2.75, 3.05) is 12.8 Å². The van der Waals surface area contributed by atoms with Gasteiger partial charge >= 0.3 is 0 Å². The highest BCUT2D eigenvalue weighted by molar-refractivity contribution is 7.98. The Kier molecular flexibility index (Phi) is 5.05. The highest BCUT2D eigenvalue weighted by atomic mass is 32.2. The van der Waals surface area contributed by atoms with Crippen LogP contribution in [0.1, 0.15) is 19.5 Å². The number of hydrogen-bond acceptors (Lipinski definition) is 3. The predicted octanol–water partition coefficient (Wildman–Crippen LogP) is 3.34. The minimum absolute atomic E-state index is 0.667. The normalized spacial score (nSPS) is 11.2. The predicted molar refractivity (Wildman–Crippen MR) is 81.9 cm³/mol. The highest BCUT2D eigenvalue weighted by Gasteiger charge is 2.02. The van der Waals surface area contributed by atoms with Crippen LogP contribution in [0.3, 0.4) is 0 Å². The Hall–Kier alpha value is -1.26. The van der Waals surface area contributed by atoms with Gasteiger partial charge in [-0.1, -0.05) is 19.9 Å². The molecule has 102 valence electrons. The summed E-state index contributed by atoms with van der Waals surface area (Å²) in [5.74, 6) is 0.667. The number of nitrogens with zero attached hydrogens (tertiary/aromatic N) is 2. The molecule has 2 rings (SSSR count). The van der Waals surface area contributed by atoms with Crippen molar-refractivity contribution in [2.45, 2.75) is 25.3 Å². The smallest absolute Gasteiger partial charge is 0.0766 e. The zero-order valence-electron chi connectivity index (χ0n) is 11.8. The lowest BCUT2D eigenvalue weighted by Gasteiger charge is -2.05. The maximum atomic E-state index is 4.60. The third kappa shape index (κ3) is 4.11. The van der Waals surface area contributed by atoms with Crippen LogP contribution in [0.4, 0.5) is 0 Å². The number of aromatic nitrogens is 2. The first-order valence-corrected chi connectivity index (χ1v) is 7.81. The monoisotopic (exact) mass is 275 g/mol. The van der Waals surface area contributed by atoms with E-state index in [2.05, 4.69) is 60.9 Å². The van der Waals surface area contributed by atoms with E-state index in [9.17, 15) is 0 Å². The summed E-state index contributed by atoms with van der Waals surface area (Å²) in [5.41, 5.74) is 2.19. The molecule has 2 aromatic rings. The minimum atomic E-state index is 0.667. The molecule has 0 amide bonds. The fourth-order valence-electron chi connectivity index (χ4n) is 1.84. The van der Waals surface area contributed by atoms with E-state index in [4.69, 9.17) is 0 Å². The SMILES string of the molecule is CSc1cccc(-n2ccc(CNCC(C)C)n2)c1. The fourth-order valence-corrected chi connectivity index (χ4v) is 2.29. The second-order valence-corrected chi connectivity index (χ2v) is 5.86. The van der Waals surface area contributed by atoms with E-state index >= 15 is 0 Å². The van der Waals surface area contributed by atoms with Gasteiger partial charge < -0.3 is 5.32 Å². The highest BCUT2D eigenvalue weighted by Crippen LogP contribution is 2.18. The molecule has 19 heavy (non-hydrogen) atoms. The molecule has 4 heteroatoms. The van der Waals surface area contributed by atoms with Gasteiger partial charge in [-0.05, 0) is 43.0 Å². The molecule has 1 aromatic carbocycles. The van der Waals surface area contributed by atoms with Crippen LogP contribution in [0.5, 0.6) is 0 Å². The molecule has 0 aliphatic heterocycles. The van der Waals surface area contributed by atoms with Crippen LogP contribution in [0, 0.1) is 5.92 Å². The summed E-state index contributed by atoms with van der Waals surface area (Å²) in [7, 11) is 0. The Morgan fingerprint density at radius 1 is 1.32 bits per heavy atom. The van der Waals surface area contributed by atoms with Crippen LogP contribution in [0.25, 0.3) is 5.69 Å². The van der Waals surface area contributed by atoms with Gasteiger partial charge in [0.05, 0.1) is 11.4 Å². The van der Waals surface area contributed by atoms with Crippen LogP contribution in [0.2, 0.25) is 0 Å². The molecule has 1 aromatic heterocycles. The zero-order valence-corrected chi connectivity index (χ0v) is 12.6. The second kappa shape index (κ2) is 6.78. The molecule has 1 heterocycles. The lowest BCUT2D eigenvalue weighted by Crippen LogP contribution is -2.19. The fraction of sp³-hybridized carbons (Fsp3) is 0.400. The largest absolute Gasteiger partial charge is 0.311 e. The number of hydrogen-bond donors (Lipinski definition) is 1. The summed E-state index contributed by atoms with van der Waals surface area (Å²) in [4.78, 5) is 1.26. The molecule has 1 N–H and O–H groups in total.